The van der Waals surface area contributed by atoms with Gasteiger partial charge in [0.2, 0.25) is 0 Å². The van der Waals surface area contributed by atoms with Gasteiger partial charge in [-0.05, 0) is 29.8 Å². The molecule has 2 aromatic carbocycles. The molecule has 3 rings (SSSR count). The van der Waals surface area contributed by atoms with Crippen LogP contribution in [0.15, 0.2) is 67.0 Å². The molecule has 1 aromatic heterocycles. The number of benzene rings is 2. The molecule has 0 saturated heterocycles. The van der Waals surface area contributed by atoms with Crippen LogP contribution in [-0.2, 0) is 17.8 Å². The van der Waals surface area contributed by atoms with Crippen LogP contribution in [0, 0.1) is 0 Å². The molecule has 1 amide bonds. The molecule has 0 bridgehead atoms. The number of ketones is 1. The van der Waals surface area contributed by atoms with Gasteiger partial charge in [0, 0.05) is 43.9 Å². The number of carbonyl (C=O) groups excluding carboxylic acids is 2. The lowest BCUT2D eigenvalue weighted by Gasteiger charge is -2.10. The normalized spacial score (nSPS) is 10.5. The van der Waals surface area contributed by atoms with E-state index in [-0.39, 0.29) is 18.3 Å². The Kier molecular flexibility index (Phi) is 7.16. The molecule has 6 nitrogen and oxygen atoms in total. The van der Waals surface area contributed by atoms with E-state index in [4.69, 9.17) is 4.74 Å². The van der Waals surface area contributed by atoms with Gasteiger partial charge in [-0.25, -0.2) is 4.98 Å². The Morgan fingerprint density at radius 3 is 2.55 bits per heavy atom. The van der Waals surface area contributed by atoms with Gasteiger partial charge in [-0.1, -0.05) is 37.3 Å². The summed E-state index contributed by atoms with van der Waals surface area (Å²) in [5, 5.41) is 2.85. The standard InChI is InChI=1S/C23H25N3O3/c1-2-21(27)19-8-10-20(11-9-19)29-17-23(28)25-13-12-22-24-14-15-26(22)16-18-6-4-3-5-7-18/h3-11,14-15H,2,12-13,16-17H2,1H3,(H,25,28). The maximum atomic E-state index is 12.0. The molecule has 0 aliphatic rings. The number of nitrogens with zero attached hydrogens (tertiary/aromatic N) is 2. The van der Waals surface area contributed by atoms with E-state index in [1.165, 1.54) is 5.56 Å². The SMILES string of the molecule is CCC(=O)c1ccc(OCC(=O)NCCc2nccn2Cc2ccccc2)cc1. The smallest absolute Gasteiger partial charge is 0.257 e. The maximum absolute atomic E-state index is 12.0. The summed E-state index contributed by atoms with van der Waals surface area (Å²) in [7, 11) is 0. The summed E-state index contributed by atoms with van der Waals surface area (Å²) in [5.41, 5.74) is 1.85. The van der Waals surface area contributed by atoms with Crippen LogP contribution in [0.4, 0.5) is 0 Å². The van der Waals surface area contributed by atoms with Crippen molar-refractivity contribution >= 4 is 11.7 Å². The van der Waals surface area contributed by atoms with Crippen molar-refractivity contribution in [2.45, 2.75) is 26.3 Å². The first kappa shape index (κ1) is 20.3. The summed E-state index contributed by atoms with van der Waals surface area (Å²) in [4.78, 5) is 28.0. The lowest BCUT2D eigenvalue weighted by molar-refractivity contribution is -0.123. The monoisotopic (exact) mass is 391 g/mol. The average Bonchev–Trinajstić information content (AvgIpc) is 3.19. The Balaban J connectivity index is 1.41. The van der Waals surface area contributed by atoms with Crippen molar-refractivity contribution in [3.63, 3.8) is 0 Å². The third-order valence-electron chi connectivity index (χ3n) is 4.54. The maximum Gasteiger partial charge on any atom is 0.257 e. The number of Topliss-reactive ketones (excluding diaryl/α,β-unsaturated/α-hetero) is 1. The summed E-state index contributed by atoms with van der Waals surface area (Å²) in [5.74, 6) is 1.37. The molecule has 150 valence electrons. The van der Waals surface area contributed by atoms with Gasteiger partial charge in [0.15, 0.2) is 12.4 Å². The molecule has 0 spiro atoms. The second kappa shape index (κ2) is 10.2. The number of ether oxygens (including phenoxy) is 1. The molecule has 0 saturated carbocycles. The van der Waals surface area contributed by atoms with Gasteiger partial charge in [0.1, 0.15) is 11.6 Å². The van der Waals surface area contributed by atoms with Crippen LogP contribution in [0.5, 0.6) is 5.75 Å². The Labute approximate surface area is 170 Å². The third-order valence-corrected chi connectivity index (χ3v) is 4.54. The molecule has 0 unspecified atom stereocenters. The fourth-order valence-corrected chi connectivity index (χ4v) is 2.95. The molecule has 6 heteroatoms. The highest BCUT2D eigenvalue weighted by Gasteiger charge is 2.07. The third kappa shape index (κ3) is 6.04. The molecule has 0 aliphatic heterocycles. The first-order chi connectivity index (χ1) is 14.2. The largest absolute Gasteiger partial charge is 0.484 e. The van der Waals surface area contributed by atoms with Gasteiger partial charge in [0.25, 0.3) is 5.91 Å². The van der Waals surface area contributed by atoms with Crippen LogP contribution in [0.2, 0.25) is 0 Å². The Morgan fingerprint density at radius 1 is 1.07 bits per heavy atom. The van der Waals surface area contributed by atoms with Crippen molar-refractivity contribution < 1.29 is 14.3 Å². The van der Waals surface area contributed by atoms with Crippen LogP contribution in [0.1, 0.15) is 35.1 Å². The van der Waals surface area contributed by atoms with E-state index in [0.717, 1.165) is 12.4 Å². The van der Waals surface area contributed by atoms with Crippen LogP contribution in [-0.4, -0.2) is 34.4 Å². The van der Waals surface area contributed by atoms with Gasteiger partial charge >= 0.3 is 0 Å². The molecule has 0 aliphatic carbocycles. The number of amides is 1. The number of nitrogens with one attached hydrogen (secondary N) is 1. The van der Waals surface area contributed by atoms with E-state index in [1.807, 2.05) is 31.3 Å². The van der Waals surface area contributed by atoms with Crippen molar-refractivity contribution in [3.05, 3.63) is 83.9 Å². The second-order valence-corrected chi connectivity index (χ2v) is 6.65. The highest BCUT2D eigenvalue weighted by Crippen LogP contribution is 2.13. The van der Waals surface area contributed by atoms with Crippen molar-refractivity contribution in [3.8, 4) is 5.75 Å². The lowest BCUT2D eigenvalue weighted by Crippen LogP contribution is -2.31. The van der Waals surface area contributed by atoms with Crippen LogP contribution in [0.3, 0.4) is 0 Å². The predicted octanol–water partition coefficient (Wildman–Crippen LogP) is 3.26. The predicted molar refractivity (Wildman–Crippen MR) is 111 cm³/mol. The van der Waals surface area contributed by atoms with E-state index in [9.17, 15) is 9.59 Å². The number of hydrogen-bond donors (Lipinski definition) is 1. The summed E-state index contributed by atoms with van der Waals surface area (Å²) < 4.78 is 7.56. The minimum absolute atomic E-state index is 0.0699. The van der Waals surface area contributed by atoms with Crippen LogP contribution in [0.25, 0.3) is 0 Å². The number of imidazole rings is 1. The fourth-order valence-electron chi connectivity index (χ4n) is 2.95. The van der Waals surface area contributed by atoms with Crippen LogP contribution < -0.4 is 10.1 Å². The summed E-state index contributed by atoms with van der Waals surface area (Å²) in [6.07, 6.45) is 4.82. The summed E-state index contributed by atoms with van der Waals surface area (Å²) in [6.45, 7) is 2.99. The van der Waals surface area contributed by atoms with Gasteiger partial charge in [0.05, 0.1) is 0 Å². The number of aromatic nitrogens is 2. The number of carbonyl (C=O) groups is 2. The Morgan fingerprint density at radius 2 is 1.83 bits per heavy atom. The molecule has 0 fully saturated rings. The zero-order valence-electron chi connectivity index (χ0n) is 16.5. The molecule has 1 N–H and O–H groups in total. The molecule has 1 heterocycles. The van der Waals surface area contributed by atoms with E-state index >= 15 is 0 Å². The number of rotatable bonds is 10. The van der Waals surface area contributed by atoms with Crippen molar-refractivity contribution in [2.75, 3.05) is 13.2 Å². The average molecular weight is 391 g/mol. The molecule has 3 aromatic rings. The molecule has 29 heavy (non-hydrogen) atoms. The molecule has 0 radical (unpaired) electrons. The summed E-state index contributed by atoms with van der Waals surface area (Å²) >= 11 is 0. The molecule has 0 atom stereocenters. The van der Waals surface area contributed by atoms with E-state index in [1.54, 1.807) is 30.5 Å². The second-order valence-electron chi connectivity index (χ2n) is 6.65. The van der Waals surface area contributed by atoms with E-state index in [2.05, 4.69) is 27.0 Å². The van der Waals surface area contributed by atoms with Gasteiger partial charge < -0.3 is 14.6 Å². The van der Waals surface area contributed by atoms with Gasteiger partial charge in [-0.2, -0.15) is 0 Å². The topological polar surface area (TPSA) is 73.2 Å². The van der Waals surface area contributed by atoms with Crippen molar-refractivity contribution in [1.82, 2.24) is 14.9 Å². The number of hydrogen-bond acceptors (Lipinski definition) is 4. The molecular formula is C23H25N3O3. The Bertz CT molecular complexity index is 934. The zero-order valence-corrected chi connectivity index (χ0v) is 16.5. The molecular weight excluding hydrogens is 366 g/mol. The lowest BCUT2D eigenvalue weighted by atomic mass is 10.1. The van der Waals surface area contributed by atoms with Gasteiger partial charge in [-0.3, -0.25) is 9.59 Å². The van der Waals surface area contributed by atoms with Crippen molar-refractivity contribution in [2.24, 2.45) is 0 Å². The van der Waals surface area contributed by atoms with Crippen LogP contribution >= 0.6 is 0 Å². The minimum Gasteiger partial charge on any atom is -0.484 e. The highest BCUT2D eigenvalue weighted by molar-refractivity contribution is 5.95. The fraction of sp³-hybridized carbons (Fsp3) is 0.261. The van der Waals surface area contributed by atoms with E-state index < -0.39 is 0 Å². The first-order valence-corrected chi connectivity index (χ1v) is 9.72. The zero-order chi connectivity index (χ0) is 20.5. The first-order valence-electron chi connectivity index (χ1n) is 9.72. The Hall–Kier alpha value is -3.41. The highest BCUT2D eigenvalue weighted by atomic mass is 16.5. The quantitative estimate of drug-likeness (QED) is 0.539. The summed E-state index contributed by atoms with van der Waals surface area (Å²) in [6, 6.07) is 17.0. The van der Waals surface area contributed by atoms with E-state index in [0.29, 0.717) is 30.7 Å². The van der Waals surface area contributed by atoms with Crippen molar-refractivity contribution in [1.29, 1.82) is 0 Å². The van der Waals surface area contributed by atoms with Gasteiger partial charge in [-0.15, -0.1) is 0 Å². The minimum atomic E-state index is -0.195.